The summed E-state index contributed by atoms with van der Waals surface area (Å²) in [4.78, 5) is 4.77. The van der Waals surface area contributed by atoms with Gasteiger partial charge in [0.25, 0.3) is 0 Å². The zero-order chi connectivity index (χ0) is 13.6. The van der Waals surface area contributed by atoms with Crippen molar-refractivity contribution >= 4 is 10.8 Å². The minimum absolute atomic E-state index is 0.0535. The normalized spacial score (nSPS) is 14.1. The third-order valence-electron chi connectivity index (χ3n) is 3.98. The number of benzene rings is 1. The summed E-state index contributed by atoms with van der Waals surface area (Å²) in [5.74, 6) is 1.66. The summed E-state index contributed by atoms with van der Waals surface area (Å²) in [6.07, 6.45) is 1.05. The van der Waals surface area contributed by atoms with E-state index in [9.17, 15) is 0 Å². The molecule has 3 rings (SSSR count). The first-order valence-corrected chi connectivity index (χ1v) is 6.73. The van der Waals surface area contributed by atoms with Crippen molar-refractivity contribution in [1.82, 2.24) is 4.98 Å². The zero-order valence-corrected chi connectivity index (χ0v) is 11.9. The molecule has 2 aromatic rings. The Balaban J connectivity index is 2.32. The van der Waals surface area contributed by atoms with Crippen LogP contribution in [-0.4, -0.2) is 11.8 Å². The number of hydrogen-bond acceptors (Lipinski definition) is 3. The first-order chi connectivity index (χ1) is 9.01. The topological polar surface area (TPSA) is 31.4 Å². The monoisotopic (exact) mass is 257 g/mol. The number of ether oxygens (including phenoxy) is 2. The van der Waals surface area contributed by atoms with Crippen LogP contribution in [0.5, 0.6) is 11.5 Å². The fourth-order valence-corrected chi connectivity index (χ4v) is 2.46. The van der Waals surface area contributed by atoms with Gasteiger partial charge in [0.1, 0.15) is 0 Å². The molecule has 2 heterocycles. The van der Waals surface area contributed by atoms with E-state index in [4.69, 9.17) is 14.5 Å². The Labute approximate surface area is 113 Å². The van der Waals surface area contributed by atoms with Crippen molar-refractivity contribution in [3.8, 4) is 11.5 Å². The van der Waals surface area contributed by atoms with Gasteiger partial charge in [0.2, 0.25) is 6.79 Å². The lowest BCUT2D eigenvalue weighted by molar-refractivity contribution is 0.174. The van der Waals surface area contributed by atoms with Gasteiger partial charge in [-0.05, 0) is 36.9 Å². The van der Waals surface area contributed by atoms with Crippen molar-refractivity contribution in [1.29, 1.82) is 0 Å². The molecule has 1 aliphatic heterocycles. The van der Waals surface area contributed by atoms with Crippen LogP contribution in [0.2, 0.25) is 0 Å². The summed E-state index contributed by atoms with van der Waals surface area (Å²) >= 11 is 0. The zero-order valence-electron chi connectivity index (χ0n) is 11.9. The number of pyridine rings is 1. The lowest BCUT2D eigenvalue weighted by atomic mass is 9.83. The average Bonchev–Trinajstić information content (AvgIpc) is 2.82. The van der Waals surface area contributed by atoms with Gasteiger partial charge in [0.05, 0.1) is 5.69 Å². The van der Waals surface area contributed by atoms with E-state index in [1.54, 1.807) is 0 Å². The summed E-state index contributed by atoms with van der Waals surface area (Å²) in [6.45, 7) is 9.02. The molecule has 3 heteroatoms. The molecule has 0 N–H and O–H groups in total. The Morgan fingerprint density at radius 3 is 2.53 bits per heavy atom. The van der Waals surface area contributed by atoms with Crippen molar-refractivity contribution in [3.63, 3.8) is 0 Å². The Morgan fingerprint density at radius 2 is 1.84 bits per heavy atom. The van der Waals surface area contributed by atoms with Crippen LogP contribution in [0.4, 0.5) is 0 Å². The first kappa shape index (κ1) is 12.3. The van der Waals surface area contributed by atoms with Crippen molar-refractivity contribution in [2.24, 2.45) is 0 Å². The standard InChI is InChI=1S/C16H19NO2/c1-5-16(3,4)15-12-8-14-13(18-9-19-14)7-11(12)6-10(2)17-15/h6-8H,5,9H2,1-4H3. The highest BCUT2D eigenvalue weighted by Crippen LogP contribution is 2.40. The van der Waals surface area contributed by atoms with E-state index in [2.05, 4.69) is 39.0 Å². The molecule has 1 aliphatic rings. The molecule has 19 heavy (non-hydrogen) atoms. The summed E-state index contributed by atoms with van der Waals surface area (Å²) in [7, 11) is 0. The second-order valence-corrected chi connectivity index (χ2v) is 5.78. The predicted molar refractivity (Wildman–Crippen MR) is 75.9 cm³/mol. The Hall–Kier alpha value is -1.77. The second kappa shape index (κ2) is 4.12. The van der Waals surface area contributed by atoms with E-state index in [0.29, 0.717) is 6.79 Å². The highest BCUT2D eigenvalue weighted by Gasteiger charge is 2.25. The van der Waals surface area contributed by atoms with E-state index in [1.165, 1.54) is 10.8 Å². The Morgan fingerprint density at radius 1 is 1.16 bits per heavy atom. The third-order valence-corrected chi connectivity index (χ3v) is 3.98. The maximum absolute atomic E-state index is 5.49. The molecule has 0 bridgehead atoms. The van der Waals surface area contributed by atoms with Crippen LogP contribution in [0.3, 0.4) is 0 Å². The average molecular weight is 257 g/mol. The largest absolute Gasteiger partial charge is 0.454 e. The van der Waals surface area contributed by atoms with Crippen LogP contribution >= 0.6 is 0 Å². The first-order valence-electron chi connectivity index (χ1n) is 6.73. The van der Waals surface area contributed by atoms with E-state index >= 15 is 0 Å². The molecule has 0 amide bonds. The van der Waals surface area contributed by atoms with E-state index in [0.717, 1.165) is 29.3 Å². The molecule has 0 unspecified atom stereocenters. The summed E-state index contributed by atoms with van der Waals surface area (Å²) in [5.41, 5.74) is 2.24. The van der Waals surface area contributed by atoms with Crippen LogP contribution in [0.1, 0.15) is 38.6 Å². The number of rotatable bonds is 2. The number of fused-ring (bicyclic) bond motifs is 2. The minimum atomic E-state index is 0.0535. The smallest absolute Gasteiger partial charge is 0.231 e. The van der Waals surface area contributed by atoms with Crippen LogP contribution in [0.15, 0.2) is 18.2 Å². The van der Waals surface area contributed by atoms with Crippen molar-refractivity contribution in [3.05, 3.63) is 29.6 Å². The quantitative estimate of drug-likeness (QED) is 0.816. The van der Waals surface area contributed by atoms with Gasteiger partial charge in [-0.2, -0.15) is 0 Å². The lowest BCUT2D eigenvalue weighted by Gasteiger charge is -2.24. The molecule has 0 atom stereocenters. The van der Waals surface area contributed by atoms with Gasteiger partial charge in [0, 0.05) is 16.5 Å². The van der Waals surface area contributed by atoms with Crippen LogP contribution in [0, 0.1) is 6.92 Å². The maximum Gasteiger partial charge on any atom is 0.231 e. The van der Waals surface area contributed by atoms with Gasteiger partial charge in [-0.25, -0.2) is 0 Å². The molecular weight excluding hydrogens is 238 g/mol. The van der Waals surface area contributed by atoms with Crippen molar-refractivity contribution in [2.45, 2.75) is 39.5 Å². The summed E-state index contributed by atoms with van der Waals surface area (Å²) < 4.78 is 10.9. The number of hydrogen-bond donors (Lipinski definition) is 0. The molecule has 1 aromatic carbocycles. The van der Waals surface area contributed by atoms with Crippen LogP contribution in [-0.2, 0) is 5.41 Å². The summed E-state index contributed by atoms with van der Waals surface area (Å²) in [5, 5.41) is 2.34. The fourth-order valence-electron chi connectivity index (χ4n) is 2.46. The summed E-state index contributed by atoms with van der Waals surface area (Å²) in [6, 6.07) is 6.23. The van der Waals surface area contributed by atoms with Gasteiger partial charge in [-0.15, -0.1) is 0 Å². The SMILES string of the molecule is CCC(C)(C)c1nc(C)cc2cc3c(cc12)OCO3. The molecule has 100 valence electrons. The van der Waals surface area contributed by atoms with Crippen molar-refractivity contribution in [2.75, 3.05) is 6.79 Å². The molecule has 0 saturated heterocycles. The third kappa shape index (κ3) is 1.93. The van der Waals surface area contributed by atoms with Gasteiger partial charge in [0.15, 0.2) is 11.5 Å². The van der Waals surface area contributed by atoms with Gasteiger partial charge in [-0.3, -0.25) is 4.98 Å². The fraction of sp³-hybridized carbons (Fsp3) is 0.438. The molecule has 1 aromatic heterocycles. The molecule has 0 fully saturated rings. The number of nitrogens with zero attached hydrogens (tertiary/aromatic N) is 1. The molecule has 0 spiro atoms. The van der Waals surface area contributed by atoms with Gasteiger partial charge in [-0.1, -0.05) is 20.8 Å². The molecule has 0 saturated carbocycles. The van der Waals surface area contributed by atoms with E-state index in [-0.39, 0.29) is 5.41 Å². The Kier molecular flexibility index (Phi) is 2.66. The minimum Gasteiger partial charge on any atom is -0.454 e. The van der Waals surface area contributed by atoms with Gasteiger partial charge >= 0.3 is 0 Å². The van der Waals surface area contributed by atoms with Crippen LogP contribution in [0.25, 0.3) is 10.8 Å². The number of aryl methyl sites for hydroxylation is 1. The molecular formula is C16H19NO2. The molecule has 0 radical (unpaired) electrons. The highest BCUT2D eigenvalue weighted by atomic mass is 16.7. The number of aromatic nitrogens is 1. The molecule has 3 nitrogen and oxygen atoms in total. The Bertz CT molecular complexity index is 647. The van der Waals surface area contributed by atoms with Crippen LogP contribution < -0.4 is 9.47 Å². The molecule has 0 aliphatic carbocycles. The van der Waals surface area contributed by atoms with E-state index < -0.39 is 0 Å². The van der Waals surface area contributed by atoms with E-state index in [1.807, 2.05) is 6.92 Å². The van der Waals surface area contributed by atoms with Gasteiger partial charge < -0.3 is 9.47 Å². The van der Waals surface area contributed by atoms with Crippen molar-refractivity contribution < 1.29 is 9.47 Å². The predicted octanol–water partition coefficient (Wildman–Crippen LogP) is 3.96. The highest BCUT2D eigenvalue weighted by molar-refractivity contribution is 5.89. The second-order valence-electron chi connectivity index (χ2n) is 5.78. The lowest BCUT2D eigenvalue weighted by Crippen LogP contribution is -2.18. The maximum atomic E-state index is 5.49.